The summed E-state index contributed by atoms with van der Waals surface area (Å²) in [5.74, 6) is -0.973. The third-order valence-electron chi connectivity index (χ3n) is 4.01. The predicted octanol–water partition coefficient (Wildman–Crippen LogP) is 4.92. The van der Waals surface area contributed by atoms with E-state index in [9.17, 15) is 9.18 Å². The van der Waals surface area contributed by atoms with Gasteiger partial charge >= 0.3 is 0 Å². The van der Waals surface area contributed by atoms with Crippen molar-refractivity contribution in [2.75, 3.05) is 5.32 Å². The molecule has 0 saturated heterocycles. The highest BCUT2D eigenvalue weighted by molar-refractivity contribution is 6.09. The molecular formula is C20H19FN2O. The Morgan fingerprint density at radius 2 is 1.92 bits per heavy atom. The van der Waals surface area contributed by atoms with Crippen LogP contribution in [0.4, 0.5) is 10.1 Å². The minimum Gasteiger partial charge on any atom is -0.321 e. The Bertz CT molecular complexity index is 908. The summed E-state index contributed by atoms with van der Waals surface area (Å²) in [4.78, 5) is 16.5. The lowest BCUT2D eigenvalue weighted by molar-refractivity contribution is 0.102. The average Bonchev–Trinajstić information content (AvgIpc) is 2.54. The molecule has 0 atom stereocenters. The Hall–Kier alpha value is -2.75. The topological polar surface area (TPSA) is 42.0 Å². The molecule has 24 heavy (non-hydrogen) atoms. The van der Waals surface area contributed by atoms with Crippen LogP contribution in [0.3, 0.4) is 0 Å². The number of nitrogens with zero attached hydrogens (tertiary/aromatic N) is 1. The van der Waals surface area contributed by atoms with Crippen molar-refractivity contribution in [3.05, 3.63) is 71.8 Å². The summed E-state index contributed by atoms with van der Waals surface area (Å²) in [5.41, 5.74) is 1.36. The van der Waals surface area contributed by atoms with Crippen LogP contribution in [0.2, 0.25) is 0 Å². The molecule has 0 unspecified atom stereocenters. The van der Waals surface area contributed by atoms with E-state index in [-0.39, 0.29) is 11.0 Å². The number of nitrogens with one attached hydrogen (secondary N) is 1. The quantitative estimate of drug-likeness (QED) is 0.727. The molecule has 0 aliphatic heterocycles. The molecule has 122 valence electrons. The average molecular weight is 322 g/mol. The van der Waals surface area contributed by atoms with Gasteiger partial charge in [0.1, 0.15) is 5.82 Å². The molecule has 0 fully saturated rings. The number of rotatable bonds is 2. The molecule has 1 amide bonds. The van der Waals surface area contributed by atoms with Gasteiger partial charge in [0.25, 0.3) is 5.91 Å². The van der Waals surface area contributed by atoms with Crippen molar-refractivity contribution in [1.29, 1.82) is 0 Å². The molecule has 1 N–H and O–H groups in total. The van der Waals surface area contributed by atoms with Crippen molar-refractivity contribution in [2.45, 2.75) is 26.2 Å². The number of anilines is 1. The Morgan fingerprint density at radius 3 is 2.62 bits per heavy atom. The molecule has 0 saturated carbocycles. The van der Waals surface area contributed by atoms with Gasteiger partial charge in [-0.15, -0.1) is 0 Å². The third-order valence-corrected chi connectivity index (χ3v) is 4.01. The van der Waals surface area contributed by atoms with E-state index in [1.54, 1.807) is 24.5 Å². The smallest absolute Gasteiger partial charge is 0.258 e. The van der Waals surface area contributed by atoms with Crippen molar-refractivity contribution in [3.63, 3.8) is 0 Å². The molecule has 4 heteroatoms. The second kappa shape index (κ2) is 6.04. The first-order chi connectivity index (χ1) is 11.4. The van der Waals surface area contributed by atoms with Crippen LogP contribution >= 0.6 is 0 Å². The highest BCUT2D eigenvalue weighted by atomic mass is 19.1. The van der Waals surface area contributed by atoms with E-state index in [2.05, 4.69) is 10.3 Å². The Labute approximate surface area is 140 Å². The molecular weight excluding hydrogens is 303 g/mol. The summed E-state index contributed by atoms with van der Waals surface area (Å²) in [6, 6.07) is 12.1. The van der Waals surface area contributed by atoms with E-state index in [1.807, 2.05) is 39.0 Å². The molecule has 3 rings (SSSR count). The summed E-state index contributed by atoms with van der Waals surface area (Å²) in [6.45, 7) is 6.02. The number of benzene rings is 2. The van der Waals surface area contributed by atoms with Gasteiger partial charge in [-0.25, -0.2) is 4.39 Å². The number of halogens is 1. The molecule has 2 aromatic carbocycles. The van der Waals surface area contributed by atoms with E-state index >= 15 is 0 Å². The lowest BCUT2D eigenvalue weighted by Gasteiger charge is -2.19. The van der Waals surface area contributed by atoms with Crippen LogP contribution in [0.1, 0.15) is 36.7 Å². The fourth-order valence-electron chi connectivity index (χ4n) is 2.59. The summed E-state index contributed by atoms with van der Waals surface area (Å²) in [6.07, 6.45) is 3.39. The van der Waals surface area contributed by atoms with Crippen molar-refractivity contribution in [2.24, 2.45) is 0 Å². The number of carbonyl (C=O) groups excluding carboxylic acids is 1. The van der Waals surface area contributed by atoms with Crippen LogP contribution < -0.4 is 5.32 Å². The predicted molar refractivity (Wildman–Crippen MR) is 94.8 cm³/mol. The molecule has 3 nitrogen and oxygen atoms in total. The third kappa shape index (κ3) is 3.13. The number of carbonyl (C=O) groups is 1. The maximum atomic E-state index is 14.4. The number of hydrogen-bond donors (Lipinski definition) is 1. The summed E-state index contributed by atoms with van der Waals surface area (Å²) in [7, 11) is 0. The van der Waals surface area contributed by atoms with Crippen LogP contribution in [0.25, 0.3) is 10.8 Å². The molecule has 0 aliphatic rings. The van der Waals surface area contributed by atoms with Gasteiger partial charge in [-0.05, 0) is 35.2 Å². The first-order valence-corrected chi connectivity index (χ1v) is 7.80. The number of amides is 1. The zero-order valence-electron chi connectivity index (χ0n) is 13.9. The molecule has 1 aromatic heterocycles. The summed E-state index contributed by atoms with van der Waals surface area (Å²) < 4.78 is 14.4. The van der Waals surface area contributed by atoms with Crippen molar-refractivity contribution >= 4 is 22.4 Å². The Morgan fingerprint density at radius 1 is 1.12 bits per heavy atom. The maximum absolute atomic E-state index is 14.4. The lowest BCUT2D eigenvalue weighted by atomic mass is 9.86. The van der Waals surface area contributed by atoms with Crippen LogP contribution in [-0.2, 0) is 5.41 Å². The second-order valence-corrected chi connectivity index (χ2v) is 6.80. The first-order valence-electron chi connectivity index (χ1n) is 7.80. The van der Waals surface area contributed by atoms with Crippen LogP contribution in [0.15, 0.2) is 54.9 Å². The standard InChI is InChI=1S/C20H19FN2O/c1-20(2,3)14-7-8-16(17(21)11-14)19(24)23-18-6-4-5-13-12-22-10-9-15(13)18/h4-12H,1-3H3,(H,23,24). The molecule has 0 aliphatic carbocycles. The molecule has 1 heterocycles. The minimum absolute atomic E-state index is 0.0362. The number of aromatic nitrogens is 1. The number of fused-ring (bicyclic) bond motifs is 1. The van der Waals surface area contributed by atoms with Gasteiger partial charge in [-0.3, -0.25) is 9.78 Å². The van der Waals surface area contributed by atoms with Gasteiger partial charge in [-0.2, -0.15) is 0 Å². The van der Waals surface area contributed by atoms with Crippen LogP contribution in [0.5, 0.6) is 0 Å². The second-order valence-electron chi connectivity index (χ2n) is 6.80. The van der Waals surface area contributed by atoms with Crippen molar-refractivity contribution < 1.29 is 9.18 Å². The highest BCUT2D eigenvalue weighted by Gasteiger charge is 2.18. The van der Waals surface area contributed by atoms with Crippen molar-refractivity contribution in [3.8, 4) is 0 Å². The zero-order chi connectivity index (χ0) is 17.3. The minimum atomic E-state index is -0.512. The fraction of sp³-hybridized carbons (Fsp3) is 0.200. The van der Waals surface area contributed by atoms with Gasteiger partial charge in [0.05, 0.1) is 5.56 Å². The molecule has 0 bridgehead atoms. The van der Waals surface area contributed by atoms with Gasteiger partial charge in [0.15, 0.2) is 0 Å². The van der Waals surface area contributed by atoms with Gasteiger partial charge < -0.3 is 5.32 Å². The van der Waals surface area contributed by atoms with Gasteiger partial charge in [0, 0.05) is 28.9 Å². The van der Waals surface area contributed by atoms with E-state index in [1.165, 1.54) is 12.1 Å². The molecule has 0 spiro atoms. The Balaban J connectivity index is 1.92. The summed E-state index contributed by atoms with van der Waals surface area (Å²) >= 11 is 0. The largest absolute Gasteiger partial charge is 0.321 e. The van der Waals surface area contributed by atoms with Crippen LogP contribution in [0, 0.1) is 5.82 Å². The van der Waals surface area contributed by atoms with Crippen LogP contribution in [-0.4, -0.2) is 10.9 Å². The SMILES string of the molecule is CC(C)(C)c1ccc(C(=O)Nc2cccc3cnccc23)c(F)c1. The number of hydrogen-bond acceptors (Lipinski definition) is 2. The van der Waals surface area contributed by atoms with E-state index < -0.39 is 11.7 Å². The first kappa shape index (κ1) is 16.1. The van der Waals surface area contributed by atoms with Gasteiger partial charge in [-0.1, -0.05) is 39.0 Å². The highest BCUT2D eigenvalue weighted by Crippen LogP contribution is 2.26. The fourth-order valence-corrected chi connectivity index (χ4v) is 2.59. The Kier molecular flexibility index (Phi) is 4.06. The van der Waals surface area contributed by atoms with Gasteiger partial charge in [0.2, 0.25) is 0 Å². The number of pyridine rings is 1. The van der Waals surface area contributed by atoms with E-state index in [4.69, 9.17) is 0 Å². The molecule has 0 radical (unpaired) electrons. The lowest BCUT2D eigenvalue weighted by Crippen LogP contribution is -2.16. The molecule has 3 aromatic rings. The normalized spacial score (nSPS) is 11.5. The maximum Gasteiger partial charge on any atom is 0.258 e. The van der Waals surface area contributed by atoms with Crippen molar-refractivity contribution in [1.82, 2.24) is 4.98 Å². The summed E-state index contributed by atoms with van der Waals surface area (Å²) in [5, 5.41) is 4.58. The van der Waals surface area contributed by atoms with E-state index in [0.29, 0.717) is 5.69 Å². The zero-order valence-corrected chi connectivity index (χ0v) is 13.9. The monoisotopic (exact) mass is 322 g/mol. The van der Waals surface area contributed by atoms with E-state index in [0.717, 1.165) is 16.3 Å².